The van der Waals surface area contributed by atoms with Crippen LogP contribution in [-0.4, -0.2) is 31.7 Å². The molecule has 2 aromatic rings. The molecule has 0 saturated heterocycles. The van der Waals surface area contributed by atoms with Crippen LogP contribution >= 0.6 is 23.2 Å². The minimum Gasteiger partial charge on any atom is -0.493 e. The Bertz CT molecular complexity index is 856. The molecule has 2 rings (SSSR count). The van der Waals surface area contributed by atoms with E-state index in [1.165, 1.54) is 31.5 Å². The number of rotatable bonds is 7. The predicted octanol–water partition coefficient (Wildman–Crippen LogP) is 2.63. The normalized spacial score (nSPS) is 10.6. The van der Waals surface area contributed by atoms with Gasteiger partial charge in [-0.25, -0.2) is 5.43 Å². The zero-order chi connectivity index (χ0) is 19.1. The van der Waals surface area contributed by atoms with Crippen LogP contribution in [0.1, 0.15) is 15.9 Å². The largest absolute Gasteiger partial charge is 0.493 e. The number of carbonyl (C=O) groups is 2. The van der Waals surface area contributed by atoms with Gasteiger partial charge in [0.25, 0.3) is 11.8 Å². The summed E-state index contributed by atoms with van der Waals surface area (Å²) in [5.74, 6) is -0.273. The number of hydrazone groups is 1. The highest BCUT2D eigenvalue weighted by Gasteiger charge is 2.08. The van der Waals surface area contributed by atoms with Crippen LogP contribution in [0.5, 0.6) is 11.5 Å². The van der Waals surface area contributed by atoms with Crippen LogP contribution < -0.4 is 20.6 Å². The molecule has 0 heterocycles. The van der Waals surface area contributed by atoms with E-state index in [4.69, 9.17) is 38.4 Å². The van der Waals surface area contributed by atoms with Crippen molar-refractivity contribution in [3.8, 4) is 11.5 Å². The summed E-state index contributed by atoms with van der Waals surface area (Å²) < 4.78 is 10.4. The van der Waals surface area contributed by atoms with Crippen LogP contribution in [0.3, 0.4) is 0 Å². The van der Waals surface area contributed by atoms with E-state index in [0.29, 0.717) is 27.6 Å². The van der Waals surface area contributed by atoms with Crippen molar-refractivity contribution in [2.24, 2.45) is 10.8 Å². The van der Waals surface area contributed by atoms with Gasteiger partial charge in [-0.2, -0.15) is 5.10 Å². The van der Waals surface area contributed by atoms with E-state index in [1.807, 2.05) is 0 Å². The average Bonchev–Trinajstić information content (AvgIpc) is 2.62. The van der Waals surface area contributed by atoms with Crippen LogP contribution in [0, 0.1) is 0 Å². The summed E-state index contributed by atoms with van der Waals surface area (Å²) in [7, 11) is 1.46. The summed E-state index contributed by atoms with van der Waals surface area (Å²) in [6.45, 7) is -0.260. The third kappa shape index (κ3) is 5.37. The first-order valence-corrected chi connectivity index (χ1v) is 8.04. The fraction of sp³-hybridized carbons (Fsp3) is 0.118. The number of nitrogens with zero attached hydrogens (tertiary/aromatic N) is 1. The molecule has 0 aliphatic rings. The highest BCUT2D eigenvalue weighted by Crippen LogP contribution is 2.27. The van der Waals surface area contributed by atoms with Gasteiger partial charge in [-0.15, -0.1) is 0 Å². The van der Waals surface area contributed by atoms with Gasteiger partial charge in [-0.1, -0.05) is 23.2 Å². The number of amides is 2. The minimum absolute atomic E-state index is 0.260. The van der Waals surface area contributed by atoms with E-state index < -0.39 is 11.8 Å². The molecule has 7 nitrogen and oxygen atoms in total. The molecule has 0 saturated carbocycles. The van der Waals surface area contributed by atoms with E-state index in [0.717, 1.165) is 0 Å². The molecule has 0 aliphatic heterocycles. The molecule has 0 unspecified atom stereocenters. The van der Waals surface area contributed by atoms with Gasteiger partial charge in [0.1, 0.15) is 0 Å². The number of carbonyl (C=O) groups excluding carboxylic acids is 2. The molecule has 0 bridgehead atoms. The van der Waals surface area contributed by atoms with Crippen molar-refractivity contribution in [3.63, 3.8) is 0 Å². The van der Waals surface area contributed by atoms with Gasteiger partial charge in [-0.05, 0) is 42.0 Å². The number of benzene rings is 2. The summed E-state index contributed by atoms with van der Waals surface area (Å²) in [4.78, 5) is 22.8. The maximum Gasteiger partial charge on any atom is 0.271 e. The van der Waals surface area contributed by atoms with E-state index in [1.54, 1.807) is 18.2 Å². The van der Waals surface area contributed by atoms with Crippen molar-refractivity contribution in [1.82, 2.24) is 5.43 Å². The molecule has 0 atom stereocenters. The fourth-order valence-electron chi connectivity index (χ4n) is 1.90. The maximum atomic E-state index is 12.0. The Kier molecular flexibility index (Phi) is 6.82. The van der Waals surface area contributed by atoms with Gasteiger partial charge >= 0.3 is 0 Å². The van der Waals surface area contributed by atoms with Crippen LogP contribution in [0.2, 0.25) is 10.0 Å². The van der Waals surface area contributed by atoms with E-state index in [9.17, 15) is 9.59 Å². The Hall–Kier alpha value is -2.77. The lowest BCUT2D eigenvalue weighted by atomic mass is 10.2. The topological polar surface area (TPSA) is 103 Å². The van der Waals surface area contributed by atoms with Crippen molar-refractivity contribution >= 4 is 41.2 Å². The van der Waals surface area contributed by atoms with Gasteiger partial charge in [0, 0.05) is 5.56 Å². The van der Waals surface area contributed by atoms with Crippen molar-refractivity contribution in [2.45, 2.75) is 0 Å². The highest BCUT2D eigenvalue weighted by atomic mass is 35.5. The quantitative estimate of drug-likeness (QED) is 0.555. The summed E-state index contributed by atoms with van der Waals surface area (Å²) in [5.41, 5.74) is 8.39. The van der Waals surface area contributed by atoms with Crippen molar-refractivity contribution < 1.29 is 19.1 Å². The molecule has 2 amide bonds. The molecule has 0 aliphatic carbocycles. The first-order valence-electron chi connectivity index (χ1n) is 7.28. The molecule has 3 N–H and O–H groups in total. The van der Waals surface area contributed by atoms with E-state index in [-0.39, 0.29) is 11.6 Å². The number of methoxy groups -OCH3 is 1. The van der Waals surface area contributed by atoms with E-state index in [2.05, 4.69) is 10.5 Å². The molecule has 2 aromatic carbocycles. The van der Waals surface area contributed by atoms with Crippen molar-refractivity contribution in [3.05, 3.63) is 57.6 Å². The van der Waals surface area contributed by atoms with Crippen LogP contribution in [0.15, 0.2) is 41.5 Å². The number of primary amides is 1. The Morgan fingerprint density at radius 3 is 2.58 bits per heavy atom. The maximum absolute atomic E-state index is 12.0. The SMILES string of the molecule is COc1cc(/C=N\NC(=O)c2ccc(Cl)c(Cl)c2)ccc1OCC(N)=O. The molecule has 26 heavy (non-hydrogen) atoms. The van der Waals surface area contributed by atoms with Crippen LogP contribution in [0.4, 0.5) is 0 Å². The first-order chi connectivity index (χ1) is 12.4. The number of nitrogens with two attached hydrogens (primary N) is 1. The molecule has 0 spiro atoms. The molecule has 0 aromatic heterocycles. The Balaban J connectivity index is 2.04. The molecular formula is C17H15Cl2N3O4. The zero-order valence-electron chi connectivity index (χ0n) is 13.7. The number of hydrogen-bond donors (Lipinski definition) is 2. The lowest BCUT2D eigenvalue weighted by molar-refractivity contribution is -0.119. The van der Waals surface area contributed by atoms with Gasteiger partial charge in [-0.3, -0.25) is 9.59 Å². The van der Waals surface area contributed by atoms with Gasteiger partial charge in [0.15, 0.2) is 18.1 Å². The molecule has 0 fully saturated rings. The Morgan fingerprint density at radius 2 is 1.92 bits per heavy atom. The van der Waals surface area contributed by atoms with Crippen LogP contribution in [0.25, 0.3) is 0 Å². The summed E-state index contributed by atoms with van der Waals surface area (Å²) >= 11 is 11.7. The predicted molar refractivity (Wildman–Crippen MR) is 99.2 cm³/mol. The fourth-order valence-corrected chi connectivity index (χ4v) is 2.20. The number of ether oxygens (including phenoxy) is 2. The minimum atomic E-state index is -0.595. The van der Waals surface area contributed by atoms with Crippen molar-refractivity contribution in [2.75, 3.05) is 13.7 Å². The average molecular weight is 396 g/mol. The van der Waals surface area contributed by atoms with Crippen molar-refractivity contribution in [1.29, 1.82) is 0 Å². The van der Waals surface area contributed by atoms with E-state index >= 15 is 0 Å². The monoisotopic (exact) mass is 395 g/mol. The highest BCUT2D eigenvalue weighted by molar-refractivity contribution is 6.42. The second-order valence-corrected chi connectivity index (χ2v) is 5.81. The van der Waals surface area contributed by atoms with Gasteiger partial charge in [0.2, 0.25) is 0 Å². The summed E-state index contributed by atoms with van der Waals surface area (Å²) in [6, 6.07) is 9.41. The smallest absolute Gasteiger partial charge is 0.271 e. The molecule has 0 radical (unpaired) electrons. The number of halogens is 2. The zero-order valence-corrected chi connectivity index (χ0v) is 15.2. The van der Waals surface area contributed by atoms with Gasteiger partial charge < -0.3 is 15.2 Å². The molecule has 9 heteroatoms. The Morgan fingerprint density at radius 1 is 1.15 bits per heavy atom. The van der Waals surface area contributed by atoms with Gasteiger partial charge in [0.05, 0.1) is 23.4 Å². The lowest BCUT2D eigenvalue weighted by Crippen LogP contribution is -2.20. The molecule has 136 valence electrons. The molecular weight excluding hydrogens is 381 g/mol. The summed E-state index contributed by atoms with van der Waals surface area (Å²) in [5, 5.41) is 4.51. The third-order valence-corrected chi connectivity index (χ3v) is 3.86. The van der Waals surface area contributed by atoms with Crippen LogP contribution in [-0.2, 0) is 4.79 Å². The number of nitrogens with one attached hydrogen (secondary N) is 1. The third-order valence-electron chi connectivity index (χ3n) is 3.12. The first kappa shape index (κ1) is 19.6. The second kappa shape index (κ2) is 9.07. The Labute approximate surface area is 159 Å². The standard InChI is InChI=1S/C17H15Cl2N3O4/c1-25-15-6-10(2-5-14(15)26-9-16(20)23)8-21-22-17(24)11-3-4-12(18)13(19)7-11/h2-8H,9H2,1H3,(H2,20,23)(H,22,24)/b21-8-. The second-order valence-electron chi connectivity index (χ2n) is 4.99. The summed E-state index contributed by atoms with van der Waals surface area (Å²) in [6.07, 6.45) is 1.43. The lowest BCUT2D eigenvalue weighted by Gasteiger charge is -2.09. The number of hydrogen-bond acceptors (Lipinski definition) is 5.